The molecule has 1 unspecified atom stereocenters. The number of aryl methyl sites for hydroxylation is 1. The highest BCUT2D eigenvalue weighted by molar-refractivity contribution is 5.87. The third-order valence-corrected chi connectivity index (χ3v) is 6.71. The number of carboxylic acids is 2. The van der Waals surface area contributed by atoms with Gasteiger partial charge in [0, 0.05) is 25.2 Å². The van der Waals surface area contributed by atoms with E-state index in [0.29, 0.717) is 19.6 Å². The lowest BCUT2D eigenvalue weighted by Gasteiger charge is -2.36. The first kappa shape index (κ1) is 25.4. The first-order valence-electron chi connectivity index (χ1n) is 12.4. The maximum atomic E-state index is 11.2. The standard InChI is InChI=1S/C29H32N2O5/c32-28(33)9-2-4-17-31(19-21-10-12-23(13-11-21)29(34)35)25-15-14-22-6-5-8-27(26(22)18-25)36-20-24-7-1-3-16-30-24/h1,3,5-8,10-13,16,25H,2,4,9,14-15,17-20H2,(H,32,33)(H,34,35). The van der Waals surface area contributed by atoms with Crippen LogP contribution in [0.1, 0.15) is 58.4 Å². The second-order valence-electron chi connectivity index (χ2n) is 9.22. The van der Waals surface area contributed by atoms with Crippen LogP contribution in [0.2, 0.25) is 0 Å². The number of hydrogen-bond donors (Lipinski definition) is 2. The molecular weight excluding hydrogens is 456 g/mol. The van der Waals surface area contributed by atoms with Gasteiger partial charge in [0.25, 0.3) is 0 Å². The lowest BCUT2D eigenvalue weighted by molar-refractivity contribution is -0.137. The van der Waals surface area contributed by atoms with Crippen LogP contribution in [0.25, 0.3) is 0 Å². The lowest BCUT2D eigenvalue weighted by Crippen LogP contribution is -2.39. The number of pyridine rings is 1. The largest absolute Gasteiger partial charge is 0.487 e. The van der Waals surface area contributed by atoms with Crippen LogP contribution in [0.5, 0.6) is 5.75 Å². The molecule has 1 aromatic heterocycles. The van der Waals surface area contributed by atoms with Gasteiger partial charge in [0.15, 0.2) is 0 Å². The van der Waals surface area contributed by atoms with Crippen molar-refractivity contribution in [1.82, 2.24) is 9.88 Å². The van der Waals surface area contributed by atoms with Gasteiger partial charge in [0.1, 0.15) is 12.4 Å². The van der Waals surface area contributed by atoms with E-state index in [-0.39, 0.29) is 18.0 Å². The Balaban J connectivity index is 1.49. The van der Waals surface area contributed by atoms with Crippen molar-refractivity contribution < 1.29 is 24.5 Å². The first-order chi connectivity index (χ1) is 17.5. The summed E-state index contributed by atoms with van der Waals surface area (Å²) in [7, 11) is 0. The minimum absolute atomic E-state index is 0.167. The minimum Gasteiger partial charge on any atom is -0.487 e. The molecule has 7 heteroatoms. The summed E-state index contributed by atoms with van der Waals surface area (Å²) in [5, 5.41) is 18.2. The SMILES string of the molecule is O=C(O)CCCCN(Cc1ccc(C(=O)O)cc1)C1CCc2cccc(OCc3ccccn3)c2C1. The Bertz CT molecular complexity index is 1160. The quantitative estimate of drug-likeness (QED) is 0.347. The normalized spacial score (nSPS) is 14.9. The number of hydrogen-bond acceptors (Lipinski definition) is 5. The van der Waals surface area contributed by atoms with Crippen LogP contribution in [0.3, 0.4) is 0 Å². The van der Waals surface area contributed by atoms with E-state index in [9.17, 15) is 14.7 Å². The van der Waals surface area contributed by atoms with E-state index in [1.165, 1.54) is 11.1 Å². The molecule has 7 nitrogen and oxygen atoms in total. The smallest absolute Gasteiger partial charge is 0.335 e. The van der Waals surface area contributed by atoms with Crippen LogP contribution in [-0.4, -0.2) is 44.6 Å². The van der Waals surface area contributed by atoms with E-state index < -0.39 is 11.9 Å². The Hall–Kier alpha value is -3.71. The molecule has 0 saturated carbocycles. The monoisotopic (exact) mass is 488 g/mol. The highest BCUT2D eigenvalue weighted by Crippen LogP contribution is 2.33. The van der Waals surface area contributed by atoms with Crippen LogP contribution in [0.15, 0.2) is 66.9 Å². The van der Waals surface area contributed by atoms with Crippen LogP contribution < -0.4 is 4.74 Å². The number of benzene rings is 2. The molecule has 2 aromatic carbocycles. The van der Waals surface area contributed by atoms with E-state index in [2.05, 4.69) is 16.0 Å². The number of rotatable bonds is 12. The molecule has 0 bridgehead atoms. The summed E-state index contributed by atoms with van der Waals surface area (Å²) in [5.41, 5.74) is 4.73. The van der Waals surface area contributed by atoms with E-state index in [0.717, 1.165) is 49.2 Å². The van der Waals surface area contributed by atoms with E-state index in [4.69, 9.17) is 9.84 Å². The van der Waals surface area contributed by atoms with Crippen LogP contribution >= 0.6 is 0 Å². The predicted octanol–water partition coefficient (Wildman–Crippen LogP) is 4.97. The van der Waals surface area contributed by atoms with Gasteiger partial charge in [-0.15, -0.1) is 0 Å². The van der Waals surface area contributed by atoms with Gasteiger partial charge < -0.3 is 14.9 Å². The highest BCUT2D eigenvalue weighted by Gasteiger charge is 2.26. The molecule has 0 fully saturated rings. The van der Waals surface area contributed by atoms with Crippen molar-refractivity contribution >= 4 is 11.9 Å². The molecule has 4 rings (SSSR count). The van der Waals surface area contributed by atoms with Crippen molar-refractivity contribution in [3.05, 3.63) is 94.8 Å². The second-order valence-corrected chi connectivity index (χ2v) is 9.22. The molecular formula is C29H32N2O5. The Kier molecular flexibility index (Phi) is 8.68. The Morgan fingerprint density at radius 1 is 1.00 bits per heavy atom. The molecule has 0 aliphatic heterocycles. The average molecular weight is 489 g/mol. The molecule has 1 aliphatic rings. The van der Waals surface area contributed by atoms with Gasteiger partial charge in [0.2, 0.25) is 0 Å². The van der Waals surface area contributed by atoms with Crippen molar-refractivity contribution in [2.75, 3.05) is 6.54 Å². The molecule has 188 valence electrons. The van der Waals surface area contributed by atoms with Crippen LogP contribution in [0.4, 0.5) is 0 Å². The number of aliphatic carboxylic acids is 1. The van der Waals surface area contributed by atoms with Crippen molar-refractivity contribution in [1.29, 1.82) is 0 Å². The van der Waals surface area contributed by atoms with E-state index in [1.807, 2.05) is 42.5 Å². The average Bonchev–Trinajstić information content (AvgIpc) is 2.89. The van der Waals surface area contributed by atoms with Gasteiger partial charge in [-0.3, -0.25) is 14.7 Å². The highest BCUT2D eigenvalue weighted by atomic mass is 16.5. The Morgan fingerprint density at radius 3 is 2.56 bits per heavy atom. The fraction of sp³-hybridized carbons (Fsp3) is 0.345. The molecule has 2 N–H and O–H groups in total. The number of carboxylic acid groups (broad SMARTS) is 2. The van der Waals surface area contributed by atoms with E-state index >= 15 is 0 Å². The van der Waals surface area contributed by atoms with Gasteiger partial charge in [-0.05, 0) is 85.7 Å². The molecule has 1 atom stereocenters. The summed E-state index contributed by atoms with van der Waals surface area (Å²) in [6.07, 6.45) is 6.15. The van der Waals surface area contributed by atoms with Gasteiger partial charge in [-0.25, -0.2) is 4.79 Å². The third-order valence-electron chi connectivity index (χ3n) is 6.71. The maximum absolute atomic E-state index is 11.2. The Morgan fingerprint density at radius 2 is 1.83 bits per heavy atom. The predicted molar refractivity (Wildman–Crippen MR) is 136 cm³/mol. The summed E-state index contributed by atoms with van der Waals surface area (Å²) in [6.45, 7) is 1.88. The maximum Gasteiger partial charge on any atom is 0.335 e. The summed E-state index contributed by atoms with van der Waals surface area (Å²) in [5.74, 6) is -0.819. The Labute approximate surface area is 211 Å². The number of carbonyl (C=O) groups is 2. The summed E-state index contributed by atoms with van der Waals surface area (Å²) in [6, 6.07) is 19.3. The molecule has 36 heavy (non-hydrogen) atoms. The zero-order valence-corrected chi connectivity index (χ0v) is 20.3. The fourth-order valence-electron chi connectivity index (χ4n) is 4.79. The number of aromatic carboxylic acids is 1. The fourth-order valence-corrected chi connectivity index (χ4v) is 4.79. The van der Waals surface area contributed by atoms with Gasteiger partial charge in [0.05, 0.1) is 11.3 Å². The number of unbranched alkanes of at least 4 members (excludes halogenated alkanes) is 1. The molecule has 1 heterocycles. The minimum atomic E-state index is -0.936. The van der Waals surface area contributed by atoms with Crippen molar-refractivity contribution in [2.24, 2.45) is 0 Å². The third kappa shape index (κ3) is 6.92. The molecule has 0 spiro atoms. The first-order valence-corrected chi connectivity index (χ1v) is 12.4. The zero-order valence-electron chi connectivity index (χ0n) is 20.3. The number of fused-ring (bicyclic) bond motifs is 1. The number of aromatic nitrogens is 1. The second kappa shape index (κ2) is 12.3. The van der Waals surface area contributed by atoms with Gasteiger partial charge in [-0.1, -0.05) is 30.3 Å². The summed E-state index contributed by atoms with van der Waals surface area (Å²) in [4.78, 5) is 29.0. The number of ether oxygens (including phenoxy) is 1. The summed E-state index contributed by atoms with van der Waals surface area (Å²) < 4.78 is 6.20. The molecule has 0 radical (unpaired) electrons. The van der Waals surface area contributed by atoms with Crippen LogP contribution in [-0.2, 0) is 30.8 Å². The topological polar surface area (TPSA) is 100.0 Å². The number of nitrogens with zero attached hydrogens (tertiary/aromatic N) is 2. The van der Waals surface area contributed by atoms with Gasteiger partial charge in [-0.2, -0.15) is 0 Å². The van der Waals surface area contributed by atoms with Crippen molar-refractivity contribution in [3.8, 4) is 5.75 Å². The summed E-state index contributed by atoms with van der Waals surface area (Å²) >= 11 is 0. The van der Waals surface area contributed by atoms with Crippen molar-refractivity contribution in [3.63, 3.8) is 0 Å². The van der Waals surface area contributed by atoms with Crippen molar-refractivity contribution in [2.45, 2.75) is 57.7 Å². The molecule has 0 saturated heterocycles. The zero-order chi connectivity index (χ0) is 25.3. The van der Waals surface area contributed by atoms with Crippen LogP contribution in [0, 0.1) is 0 Å². The lowest BCUT2D eigenvalue weighted by atomic mass is 9.86. The molecule has 1 aliphatic carbocycles. The molecule has 0 amide bonds. The van der Waals surface area contributed by atoms with E-state index in [1.54, 1.807) is 18.3 Å². The van der Waals surface area contributed by atoms with Gasteiger partial charge >= 0.3 is 11.9 Å². The molecule has 3 aromatic rings.